The topological polar surface area (TPSA) is 78.5 Å². The van der Waals surface area contributed by atoms with E-state index >= 15 is 0 Å². The highest BCUT2D eigenvalue weighted by Crippen LogP contribution is 2.26. The Kier molecular flexibility index (Phi) is 7.39. The van der Waals surface area contributed by atoms with Gasteiger partial charge in [0.2, 0.25) is 10.0 Å². The number of nitrogens with zero attached hydrogens (tertiary/aromatic N) is 1. The van der Waals surface area contributed by atoms with Crippen LogP contribution in [0, 0.1) is 19.8 Å². The number of benzene rings is 2. The number of aryl methyl sites for hydroxylation is 2. The first-order chi connectivity index (χ1) is 14.3. The Bertz CT molecular complexity index is 985. The normalized spacial score (nSPS) is 15.7. The van der Waals surface area contributed by atoms with Crippen LogP contribution in [-0.4, -0.2) is 38.4 Å². The Labute approximate surface area is 183 Å². The van der Waals surface area contributed by atoms with Gasteiger partial charge in [0.25, 0.3) is 0 Å². The van der Waals surface area contributed by atoms with E-state index in [1.54, 1.807) is 28.6 Å². The summed E-state index contributed by atoms with van der Waals surface area (Å²) in [5, 5.41) is 6.11. The number of rotatable bonds is 6. The van der Waals surface area contributed by atoms with E-state index < -0.39 is 10.0 Å². The summed E-state index contributed by atoms with van der Waals surface area (Å²) in [6.07, 6.45) is 2.39. The van der Waals surface area contributed by atoms with Crippen LogP contribution < -0.4 is 10.6 Å². The van der Waals surface area contributed by atoms with Gasteiger partial charge in [-0.1, -0.05) is 35.4 Å². The molecule has 0 unspecified atom stereocenters. The fourth-order valence-electron chi connectivity index (χ4n) is 3.58. The van der Waals surface area contributed by atoms with Crippen molar-refractivity contribution in [2.45, 2.75) is 38.0 Å². The van der Waals surface area contributed by atoms with E-state index in [0.717, 1.165) is 30.4 Å². The smallest absolute Gasteiger partial charge is 0.319 e. The van der Waals surface area contributed by atoms with Crippen molar-refractivity contribution in [3.8, 4) is 0 Å². The van der Waals surface area contributed by atoms with Gasteiger partial charge in [0.15, 0.2) is 0 Å². The second-order valence-corrected chi connectivity index (χ2v) is 10.2. The summed E-state index contributed by atoms with van der Waals surface area (Å²) in [7, 11) is -3.44. The Morgan fingerprint density at radius 2 is 1.70 bits per heavy atom. The number of anilines is 1. The first kappa shape index (κ1) is 22.6. The van der Waals surface area contributed by atoms with Gasteiger partial charge in [-0.2, -0.15) is 4.31 Å². The zero-order chi connectivity index (χ0) is 21.7. The minimum absolute atomic E-state index is 0.292. The number of hydrogen-bond donors (Lipinski definition) is 2. The van der Waals surface area contributed by atoms with Gasteiger partial charge in [-0.25, -0.2) is 13.2 Å². The number of piperidine rings is 1. The van der Waals surface area contributed by atoms with Gasteiger partial charge in [-0.05, 0) is 68.9 Å². The van der Waals surface area contributed by atoms with E-state index in [2.05, 4.69) is 10.6 Å². The predicted octanol–water partition coefficient (Wildman–Crippen LogP) is 4.57. The zero-order valence-electron chi connectivity index (χ0n) is 17.3. The summed E-state index contributed by atoms with van der Waals surface area (Å²) in [5.41, 5.74) is 2.64. The van der Waals surface area contributed by atoms with Crippen molar-refractivity contribution < 1.29 is 13.2 Å². The van der Waals surface area contributed by atoms with Gasteiger partial charge < -0.3 is 10.6 Å². The number of urea groups is 1. The molecule has 162 valence electrons. The third-order valence-corrected chi connectivity index (χ3v) is 7.67. The lowest BCUT2D eigenvalue weighted by atomic mass is 9.95. The van der Waals surface area contributed by atoms with E-state index in [4.69, 9.17) is 11.6 Å². The lowest BCUT2D eigenvalue weighted by Gasteiger charge is -2.31. The van der Waals surface area contributed by atoms with Crippen molar-refractivity contribution in [3.05, 3.63) is 58.6 Å². The van der Waals surface area contributed by atoms with Gasteiger partial charge in [0, 0.05) is 19.6 Å². The molecule has 8 heteroatoms. The fourth-order valence-corrected chi connectivity index (χ4v) is 5.33. The van der Waals surface area contributed by atoms with Crippen LogP contribution in [0.1, 0.15) is 30.4 Å². The van der Waals surface area contributed by atoms with E-state index in [1.807, 2.05) is 32.0 Å². The third kappa shape index (κ3) is 5.74. The molecule has 1 saturated heterocycles. The molecule has 1 aliphatic rings. The third-order valence-electron chi connectivity index (χ3n) is 5.44. The van der Waals surface area contributed by atoms with Crippen molar-refractivity contribution in [2.24, 2.45) is 5.92 Å². The lowest BCUT2D eigenvalue weighted by Crippen LogP contribution is -2.39. The number of nitrogens with one attached hydrogen (secondary N) is 2. The van der Waals surface area contributed by atoms with Gasteiger partial charge in [-0.15, -0.1) is 0 Å². The molecule has 1 fully saturated rings. The van der Waals surface area contributed by atoms with Gasteiger partial charge in [0.1, 0.15) is 0 Å². The van der Waals surface area contributed by atoms with Crippen molar-refractivity contribution in [3.63, 3.8) is 0 Å². The standard InChI is InChI=1S/C22H28ClN3O3S/c1-16-3-6-19(7-4-16)30(28,29)26-13-10-18(11-14-26)9-12-24-22(27)25-21-8-5-17(2)15-20(21)23/h3-8,15,18H,9-14H2,1-2H3,(H2,24,25,27). The molecule has 2 amide bonds. The molecule has 0 spiro atoms. The van der Waals surface area contributed by atoms with E-state index in [1.165, 1.54) is 0 Å². The van der Waals surface area contributed by atoms with Crippen LogP contribution in [0.15, 0.2) is 47.4 Å². The maximum Gasteiger partial charge on any atom is 0.319 e. The van der Waals surface area contributed by atoms with Crippen LogP contribution in [-0.2, 0) is 10.0 Å². The maximum absolute atomic E-state index is 12.8. The molecular weight excluding hydrogens is 422 g/mol. The molecule has 0 radical (unpaired) electrons. The second kappa shape index (κ2) is 9.81. The molecule has 0 aliphatic carbocycles. The molecule has 3 rings (SSSR count). The van der Waals surface area contributed by atoms with Crippen molar-refractivity contribution in [1.82, 2.24) is 9.62 Å². The summed E-state index contributed by atoms with van der Waals surface area (Å²) in [6, 6.07) is 12.1. The van der Waals surface area contributed by atoms with Crippen molar-refractivity contribution in [2.75, 3.05) is 25.0 Å². The molecule has 30 heavy (non-hydrogen) atoms. The first-order valence-electron chi connectivity index (χ1n) is 10.1. The summed E-state index contributed by atoms with van der Waals surface area (Å²) in [6.45, 7) is 5.42. The van der Waals surface area contributed by atoms with Gasteiger partial charge in [0.05, 0.1) is 15.6 Å². The van der Waals surface area contributed by atoms with Crippen molar-refractivity contribution >= 4 is 33.3 Å². The zero-order valence-corrected chi connectivity index (χ0v) is 18.9. The van der Waals surface area contributed by atoms with Crippen LogP contribution in [0.5, 0.6) is 0 Å². The Hall–Kier alpha value is -2.09. The second-order valence-electron chi connectivity index (χ2n) is 7.81. The monoisotopic (exact) mass is 449 g/mol. The number of hydrogen-bond acceptors (Lipinski definition) is 3. The number of sulfonamides is 1. The van der Waals surface area contributed by atoms with Crippen LogP contribution in [0.3, 0.4) is 0 Å². The van der Waals surface area contributed by atoms with E-state index in [0.29, 0.717) is 41.2 Å². The minimum Gasteiger partial charge on any atom is -0.338 e. The van der Waals surface area contributed by atoms with Crippen LogP contribution in [0.25, 0.3) is 0 Å². The number of amides is 2. The first-order valence-corrected chi connectivity index (χ1v) is 12.0. The van der Waals surface area contributed by atoms with Gasteiger partial charge >= 0.3 is 6.03 Å². The molecule has 6 nitrogen and oxygen atoms in total. The molecule has 0 saturated carbocycles. The maximum atomic E-state index is 12.8. The molecule has 1 heterocycles. The fraction of sp³-hybridized carbons (Fsp3) is 0.409. The van der Waals surface area contributed by atoms with E-state index in [-0.39, 0.29) is 6.03 Å². The molecule has 1 aliphatic heterocycles. The molecule has 2 N–H and O–H groups in total. The SMILES string of the molecule is Cc1ccc(S(=O)(=O)N2CCC(CCNC(=O)Nc3ccc(C)cc3Cl)CC2)cc1. The average Bonchev–Trinajstić information content (AvgIpc) is 2.71. The van der Waals surface area contributed by atoms with Gasteiger partial charge in [-0.3, -0.25) is 0 Å². The van der Waals surface area contributed by atoms with Crippen molar-refractivity contribution in [1.29, 1.82) is 0 Å². The predicted molar refractivity (Wildman–Crippen MR) is 120 cm³/mol. The molecular formula is C22H28ClN3O3S. The molecule has 2 aromatic rings. The lowest BCUT2D eigenvalue weighted by molar-refractivity contribution is 0.245. The molecule has 0 atom stereocenters. The summed E-state index contributed by atoms with van der Waals surface area (Å²) in [4.78, 5) is 12.4. The summed E-state index contributed by atoms with van der Waals surface area (Å²) in [5.74, 6) is 0.387. The summed E-state index contributed by atoms with van der Waals surface area (Å²) < 4.78 is 27.1. The molecule has 2 aromatic carbocycles. The quantitative estimate of drug-likeness (QED) is 0.678. The minimum atomic E-state index is -3.44. The van der Waals surface area contributed by atoms with Crippen LogP contribution >= 0.6 is 11.6 Å². The largest absolute Gasteiger partial charge is 0.338 e. The van der Waals surface area contributed by atoms with E-state index in [9.17, 15) is 13.2 Å². The summed E-state index contributed by atoms with van der Waals surface area (Å²) >= 11 is 6.14. The van der Waals surface area contributed by atoms with Crippen LogP contribution in [0.4, 0.5) is 10.5 Å². The number of carbonyl (C=O) groups excluding carboxylic acids is 1. The highest BCUT2D eigenvalue weighted by atomic mass is 35.5. The highest BCUT2D eigenvalue weighted by molar-refractivity contribution is 7.89. The molecule has 0 bridgehead atoms. The number of halogens is 1. The highest BCUT2D eigenvalue weighted by Gasteiger charge is 2.29. The Balaban J connectivity index is 1.42. The molecule has 0 aromatic heterocycles. The average molecular weight is 450 g/mol. The Morgan fingerprint density at radius 1 is 1.07 bits per heavy atom. The Morgan fingerprint density at radius 3 is 2.33 bits per heavy atom. The van der Waals surface area contributed by atoms with Crippen LogP contribution in [0.2, 0.25) is 5.02 Å². The number of carbonyl (C=O) groups is 1.